The second kappa shape index (κ2) is 8.82. The monoisotopic (exact) mass is 367 g/mol. The van der Waals surface area contributed by atoms with E-state index in [2.05, 4.69) is 25.5 Å². The van der Waals surface area contributed by atoms with Crippen LogP contribution in [0.5, 0.6) is 0 Å². The van der Waals surface area contributed by atoms with Gasteiger partial charge in [0.05, 0.1) is 21.3 Å². The van der Waals surface area contributed by atoms with Crippen molar-refractivity contribution in [1.82, 2.24) is 20.2 Å². The van der Waals surface area contributed by atoms with Crippen molar-refractivity contribution in [1.29, 1.82) is 0 Å². The number of rotatable bonds is 7. The quantitative estimate of drug-likeness (QED) is 0.735. The highest BCUT2D eigenvalue weighted by molar-refractivity contribution is 6.39. The predicted octanol–water partition coefficient (Wildman–Crippen LogP) is 3.21. The molecular formula is C16H19Cl2N5O. The molecule has 1 amide bonds. The van der Waals surface area contributed by atoms with Gasteiger partial charge in [0.25, 0.3) is 5.91 Å². The van der Waals surface area contributed by atoms with Gasteiger partial charge in [-0.3, -0.25) is 4.79 Å². The zero-order chi connectivity index (χ0) is 17.5. The van der Waals surface area contributed by atoms with E-state index >= 15 is 0 Å². The maximum absolute atomic E-state index is 12.0. The van der Waals surface area contributed by atoms with Crippen LogP contribution >= 0.6 is 23.2 Å². The molecular weight excluding hydrogens is 349 g/mol. The van der Waals surface area contributed by atoms with Gasteiger partial charge in [0.1, 0.15) is 0 Å². The summed E-state index contributed by atoms with van der Waals surface area (Å²) in [6.07, 6.45) is 3.80. The Balaban J connectivity index is 1.94. The summed E-state index contributed by atoms with van der Waals surface area (Å²) in [7, 11) is 3.99. The molecule has 0 bridgehead atoms. The van der Waals surface area contributed by atoms with Crippen LogP contribution in [0, 0.1) is 0 Å². The van der Waals surface area contributed by atoms with E-state index in [9.17, 15) is 4.79 Å². The van der Waals surface area contributed by atoms with E-state index in [0.29, 0.717) is 33.8 Å². The maximum Gasteiger partial charge on any atom is 0.254 e. The average Bonchev–Trinajstić information content (AvgIpc) is 2.55. The van der Waals surface area contributed by atoms with Crippen molar-refractivity contribution in [3.05, 3.63) is 46.2 Å². The second-order valence-corrected chi connectivity index (χ2v) is 6.24. The number of benzene rings is 1. The molecule has 1 aromatic heterocycles. The molecule has 2 rings (SSSR count). The SMILES string of the molecule is CN(C)CCCNC(=O)c1cnc(Nc2c(Cl)cccc2Cl)nc1. The Morgan fingerprint density at radius 2 is 1.79 bits per heavy atom. The molecule has 128 valence electrons. The molecule has 0 saturated heterocycles. The zero-order valence-corrected chi connectivity index (χ0v) is 15.0. The van der Waals surface area contributed by atoms with Crippen LogP contribution in [-0.4, -0.2) is 48.0 Å². The van der Waals surface area contributed by atoms with Gasteiger partial charge >= 0.3 is 0 Å². The molecule has 1 heterocycles. The summed E-state index contributed by atoms with van der Waals surface area (Å²) >= 11 is 12.2. The number of hydrogen-bond donors (Lipinski definition) is 2. The van der Waals surface area contributed by atoms with E-state index < -0.39 is 0 Å². The van der Waals surface area contributed by atoms with Gasteiger partial charge in [-0.1, -0.05) is 29.3 Å². The van der Waals surface area contributed by atoms with Crippen LogP contribution < -0.4 is 10.6 Å². The molecule has 8 heteroatoms. The molecule has 0 aliphatic heterocycles. The highest BCUT2D eigenvalue weighted by Gasteiger charge is 2.09. The molecule has 0 atom stereocenters. The van der Waals surface area contributed by atoms with Crippen LogP contribution in [0.1, 0.15) is 16.8 Å². The largest absolute Gasteiger partial charge is 0.352 e. The number of para-hydroxylation sites is 1. The lowest BCUT2D eigenvalue weighted by molar-refractivity contribution is 0.0951. The van der Waals surface area contributed by atoms with E-state index in [-0.39, 0.29) is 5.91 Å². The van der Waals surface area contributed by atoms with Crippen molar-refractivity contribution in [3.63, 3.8) is 0 Å². The van der Waals surface area contributed by atoms with Crippen LogP contribution in [0.3, 0.4) is 0 Å². The Morgan fingerprint density at radius 3 is 2.38 bits per heavy atom. The van der Waals surface area contributed by atoms with Crippen LogP contribution in [-0.2, 0) is 0 Å². The van der Waals surface area contributed by atoms with Gasteiger partial charge in [-0.15, -0.1) is 0 Å². The van der Waals surface area contributed by atoms with Crippen molar-refractivity contribution in [2.24, 2.45) is 0 Å². The third kappa shape index (κ3) is 5.33. The van der Waals surface area contributed by atoms with E-state index in [1.165, 1.54) is 12.4 Å². The standard InChI is InChI=1S/C16H19Cl2N5O/c1-23(2)8-4-7-19-15(24)11-9-20-16(21-10-11)22-14-12(17)5-3-6-13(14)18/h3,5-6,9-10H,4,7-8H2,1-2H3,(H,19,24)(H,20,21,22). The van der Waals surface area contributed by atoms with Crippen molar-refractivity contribution < 1.29 is 4.79 Å². The number of hydrogen-bond acceptors (Lipinski definition) is 5. The average molecular weight is 368 g/mol. The first-order valence-corrected chi connectivity index (χ1v) is 8.19. The lowest BCUT2D eigenvalue weighted by Gasteiger charge is -2.10. The Morgan fingerprint density at radius 1 is 1.17 bits per heavy atom. The molecule has 0 spiro atoms. The van der Waals surface area contributed by atoms with Gasteiger partial charge in [0, 0.05) is 18.9 Å². The van der Waals surface area contributed by atoms with Crippen molar-refractivity contribution in [3.8, 4) is 0 Å². The highest BCUT2D eigenvalue weighted by Crippen LogP contribution is 2.31. The van der Waals surface area contributed by atoms with Gasteiger partial charge in [0.15, 0.2) is 0 Å². The molecule has 2 N–H and O–H groups in total. The number of halogens is 2. The minimum atomic E-state index is -0.198. The summed E-state index contributed by atoms with van der Waals surface area (Å²) in [5.41, 5.74) is 0.928. The minimum absolute atomic E-state index is 0.198. The van der Waals surface area contributed by atoms with Crippen LogP contribution in [0.4, 0.5) is 11.6 Å². The Kier molecular flexibility index (Phi) is 6.78. The predicted molar refractivity (Wildman–Crippen MR) is 97.3 cm³/mol. The van der Waals surface area contributed by atoms with Crippen LogP contribution in [0.2, 0.25) is 10.0 Å². The molecule has 24 heavy (non-hydrogen) atoms. The van der Waals surface area contributed by atoms with E-state index in [4.69, 9.17) is 23.2 Å². The summed E-state index contributed by atoms with van der Waals surface area (Å²) in [6.45, 7) is 1.52. The summed E-state index contributed by atoms with van der Waals surface area (Å²) in [4.78, 5) is 22.3. The number of carbonyl (C=O) groups is 1. The van der Waals surface area contributed by atoms with E-state index in [0.717, 1.165) is 13.0 Å². The fourth-order valence-electron chi connectivity index (χ4n) is 1.94. The number of amides is 1. The zero-order valence-electron chi connectivity index (χ0n) is 13.5. The van der Waals surface area contributed by atoms with Crippen molar-refractivity contribution in [2.45, 2.75) is 6.42 Å². The third-order valence-electron chi connectivity index (χ3n) is 3.18. The van der Waals surface area contributed by atoms with Gasteiger partial charge in [-0.2, -0.15) is 0 Å². The first kappa shape index (κ1) is 18.4. The fourth-order valence-corrected chi connectivity index (χ4v) is 2.43. The maximum atomic E-state index is 12.0. The van der Waals surface area contributed by atoms with Gasteiger partial charge in [-0.05, 0) is 39.2 Å². The van der Waals surface area contributed by atoms with Crippen molar-refractivity contribution >= 4 is 40.7 Å². The molecule has 0 fully saturated rings. The minimum Gasteiger partial charge on any atom is -0.352 e. The number of aromatic nitrogens is 2. The van der Waals surface area contributed by atoms with Gasteiger partial charge in [-0.25, -0.2) is 9.97 Å². The number of nitrogens with zero attached hydrogens (tertiary/aromatic N) is 3. The van der Waals surface area contributed by atoms with Crippen LogP contribution in [0.15, 0.2) is 30.6 Å². The highest BCUT2D eigenvalue weighted by atomic mass is 35.5. The van der Waals surface area contributed by atoms with E-state index in [1.54, 1.807) is 18.2 Å². The normalized spacial score (nSPS) is 10.7. The first-order valence-electron chi connectivity index (χ1n) is 7.43. The van der Waals surface area contributed by atoms with Crippen LogP contribution in [0.25, 0.3) is 0 Å². The summed E-state index contributed by atoms with van der Waals surface area (Å²) in [5, 5.41) is 6.71. The number of nitrogens with one attached hydrogen (secondary N) is 2. The first-order chi connectivity index (χ1) is 11.5. The smallest absolute Gasteiger partial charge is 0.254 e. The molecule has 1 aromatic carbocycles. The Bertz CT molecular complexity index is 671. The summed E-state index contributed by atoms with van der Waals surface area (Å²) in [6, 6.07) is 5.18. The number of carbonyl (C=O) groups excluding carboxylic acids is 1. The summed E-state index contributed by atoms with van der Waals surface area (Å²) < 4.78 is 0. The molecule has 0 aliphatic carbocycles. The lowest BCUT2D eigenvalue weighted by Crippen LogP contribution is -2.27. The summed E-state index contributed by atoms with van der Waals surface area (Å²) in [5.74, 6) is 0.116. The lowest BCUT2D eigenvalue weighted by atomic mass is 10.3. The molecule has 2 aromatic rings. The fraction of sp³-hybridized carbons (Fsp3) is 0.312. The Labute approximate surface area is 151 Å². The third-order valence-corrected chi connectivity index (χ3v) is 3.81. The topological polar surface area (TPSA) is 70.2 Å². The molecule has 0 radical (unpaired) electrons. The molecule has 0 unspecified atom stereocenters. The molecule has 6 nitrogen and oxygen atoms in total. The van der Waals surface area contributed by atoms with Gasteiger partial charge in [0.2, 0.25) is 5.95 Å². The number of anilines is 2. The van der Waals surface area contributed by atoms with E-state index in [1.807, 2.05) is 14.1 Å². The molecule has 0 aliphatic rings. The van der Waals surface area contributed by atoms with Crippen molar-refractivity contribution in [2.75, 3.05) is 32.5 Å². The second-order valence-electron chi connectivity index (χ2n) is 5.43. The Hall–Kier alpha value is -1.89. The van der Waals surface area contributed by atoms with Gasteiger partial charge < -0.3 is 15.5 Å². The molecule has 0 saturated carbocycles.